The maximum Gasteiger partial charge on any atom is 0.0480 e. The highest BCUT2D eigenvalue weighted by molar-refractivity contribution is 6.30. The minimum atomic E-state index is 0.466. The number of rotatable bonds is 8. The Morgan fingerprint density at radius 2 is 1.94 bits per heavy atom. The zero-order valence-corrected chi connectivity index (χ0v) is 11.5. The van der Waals surface area contributed by atoms with Crippen LogP contribution in [0, 0.1) is 0 Å². The molecule has 3 heteroatoms. The van der Waals surface area contributed by atoms with Crippen LogP contribution in [0.2, 0.25) is 5.02 Å². The van der Waals surface area contributed by atoms with Crippen LogP contribution in [0.5, 0.6) is 0 Å². The molecular formula is C14H22ClNO. The van der Waals surface area contributed by atoms with Gasteiger partial charge in [0.05, 0.1) is 0 Å². The van der Waals surface area contributed by atoms with E-state index in [-0.39, 0.29) is 0 Å². The van der Waals surface area contributed by atoms with Gasteiger partial charge in [0.15, 0.2) is 0 Å². The fourth-order valence-corrected chi connectivity index (χ4v) is 1.85. The Labute approximate surface area is 109 Å². The van der Waals surface area contributed by atoms with Crippen LogP contribution in [0.25, 0.3) is 0 Å². The number of halogens is 1. The van der Waals surface area contributed by atoms with Crippen LogP contribution < -0.4 is 5.32 Å². The molecule has 0 heterocycles. The van der Waals surface area contributed by atoms with E-state index < -0.39 is 0 Å². The number of hydrogen-bond donors (Lipinski definition) is 1. The Hall–Kier alpha value is -0.570. The first kappa shape index (κ1) is 14.5. The summed E-state index contributed by atoms with van der Waals surface area (Å²) in [5.74, 6) is 0. The van der Waals surface area contributed by atoms with E-state index in [0.29, 0.717) is 6.04 Å². The molecule has 0 saturated carbocycles. The number of benzene rings is 1. The van der Waals surface area contributed by atoms with E-state index in [4.69, 9.17) is 16.3 Å². The van der Waals surface area contributed by atoms with Crippen molar-refractivity contribution in [3.05, 3.63) is 34.9 Å². The summed E-state index contributed by atoms with van der Waals surface area (Å²) in [4.78, 5) is 0. The molecule has 1 aromatic carbocycles. The average molecular weight is 256 g/mol. The van der Waals surface area contributed by atoms with Crippen molar-refractivity contribution >= 4 is 11.6 Å². The molecule has 0 aliphatic carbocycles. The standard InChI is InChI=1S/C14H22ClNO/c1-3-9-17-10-8-14(16-2)11-12-4-6-13(15)7-5-12/h4-7,14,16H,3,8-11H2,1-2H3. The van der Waals surface area contributed by atoms with Crippen LogP contribution in [0.15, 0.2) is 24.3 Å². The molecule has 0 bridgehead atoms. The monoisotopic (exact) mass is 255 g/mol. The fraction of sp³-hybridized carbons (Fsp3) is 0.571. The van der Waals surface area contributed by atoms with Gasteiger partial charge in [0.2, 0.25) is 0 Å². The highest BCUT2D eigenvalue weighted by Gasteiger charge is 2.07. The predicted molar refractivity (Wildman–Crippen MR) is 73.7 cm³/mol. The van der Waals surface area contributed by atoms with Gasteiger partial charge in [-0.1, -0.05) is 30.7 Å². The van der Waals surface area contributed by atoms with E-state index in [2.05, 4.69) is 24.4 Å². The van der Waals surface area contributed by atoms with Crippen molar-refractivity contribution in [2.45, 2.75) is 32.2 Å². The Bertz CT molecular complexity index is 300. The van der Waals surface area contributed by atoms with E-state index in [1.807, 2.05) is 19.2 Å². The van der Waals surface area contributed by atoms with Crippen molar-refractivity contribution in [3.8, 4) is 0 Å². The third-order valence-corrected chi connectivity index (χ3v) is 3.01. The van der Waals surface area contributed by atoms with Crippen molar-refractivity contribution < 1.29 is 4.74 Å². The van der Waals surface area contributed by atoms with Gasteiger partial charge >= 0.3 is 0 Å². The summed E-state index contributed by atoms with van der Waals surface area (Å²) in [6.07, 6.45) is 3.14. The largest absolute Gasteiger partial charge is 0.381 e. The van der Waals surface area contributed by atoms with Crippen molar-refractivity contribution in [2.75, 3.05) is 20.3 Å². The lowest BCUT2D eigenvalue weighted by molar-refractivity contribution is 0.125. The molecule has 1 unspecified atom stereocenters. The molecule has 0 radical (unpaired) electrons. The molecular weight excluding hydrogens is 234 g/mol. The van der Waals surface area contributed by atoms with Crippen LogP contribution in [0.3, 0.4) is 0 Å². The molecule has 0 saturated heterocycles. The molecule has 0 fully saturated rings. The molecule has 1 atom stereocenters. The van der Waals surface area contributed by atoms with Crippen molar-refractivity contribution in [3.63, 3.8) is 0 Å². The second-order valence-corrected chi connectivity index (χ2v) is 4.65. The number of ether oxygens (including phenoxy) is 1. The quantitative estimate of drug-likeness (QED) is 0.720. The number of likely N-dealkylation sites (N-methyl/N-ethyl adjacent to an activating group) is 1. The summed E-state index contributed by atoms with van der Waals surface area (Å²) in [6, 6.07) is 8.51. The zero-order valence-electron chi connectivity index (χ0n) is 10.7. The van der Waals surface area contributed by atoms with E-state index in [9.17, 15) is 0 Å². The van der Waals surface area contributed by atoms with Crippen molar-refractivity contribution in [1.82, 2.24) is 5.32 Å². The summed E-state index contributed by atoms with van der Waals surface area (Å²) in [5.41, 5.74) is 1.31. The second-order valence-electron chi connectivity index (χ2n) is 4.22. The average Bonchev–Trinajstić information content (AvgIpc) is 2.35. The lowest BCUT2D eigenvalue weighted by atomic mass is 10.0. The Morgan fingerprint density at radius 3 is 2.53 bits per heavy atom. The smallest absolute Gasteiger partial charge is 0.0480 e. The van der Waals surface area contributed by atoms with E-state index in [1.54, 1.807) is 0 Å². The molecule has 0 aromatic heterocycles. The summed E-state index contributed by atoms with van der Waals surface area (Å²) >= 11 is 5.86. The molecule has 0 aliphatic heterocycles. The lowest BCUT2D eigenvalue weighted by Gasteiger charge is -2.16. The summed E-state index contributed by atoms with van der Waals surface area (Å²) in [5, 5.41) is 4.12. The van der Waals surface area contributed by atoms with Gasteiger partial charge in [0.25, 0.3) is 0 Å². The summed E-state index contributed by atoms with van der Waals surface area (Å²) in [6.45, 7) is 3.81. The molecule has 17 heavy (non-hydrogen) atoms. The summed E-state index contributed by atoms with van der Waals surface area (Å²) < 4.78 is 5.51. The highest BCUT2D eigenvalue weighted by atomic mass is 35.5. The predicted octanol–water partition coefficient (Wildman–Crippen LogP) is 3.29. The molecule has 0 spiro atoms. The topological polar surface area (TPSA) is 21.3 Å². The molecule has 1 N–H and O–H groups in total. The second kappa shape index (κ2) is 8.51. The van der Waals surface area contributed by atoms with Gasteiger partial charge in [0, 0.05) is 24.3 Å². The van der Waals surface area contributed by atoms with E-state index in [1.165, 1.54) is 5.56 Å². The van der Waals surface area contributed by atoms with Gasteiger partial charge in [-0.25, -0.2) is 0 Å². The highest BCUT2D eigenvalue weighted by Crippen LogP contribution is 2.12. The Morgan fingerprint density at radius 1 is 1.24 bits per heavy atom. The maximum atomic E-state index is 5.86. The zero-order chi connectivity index (χ0) is 12.5. The number of hydrogen-bond acceptors (Lipinski definition) is 2. The molecule has 2 nitrogen and oxygen atoms in total. The minimum Gasteiger partial charge on any atom is -0.381 e. The Kier molecular flexibility index (Phi) is 7.25. The first-order valence-electron chi connectivity index (χ1n) is 6.25. The van der Waals surface area contributed by atoms with Crippen LogP contribution in [-0.4, -0.2) is 26.3 Å². The molecule has 0 aliphatic rings. The maximum absolute atomic E-state index is 5.86. The lowest BCUT2D eigenvalue weighted by Crippen LogP contribution is -2.29. The molecule has 96 valence electrons. The summed E-state index contributed by atoms with van der Waals surface area (Å²) in [7, 11) is 2.00. The van der Waals surface area contributed by atoms with Gasteiger partial charge in [-0.2, -0.15) is 0 Å². The molecule has 1 aromatic rings. The van der Waals surface area contributed by atoms with Crippen LogP contribution >= 0.6 is 11.6 Å². The van der Waals surface area contributed by atoms with E-state index >= 15 is 0 Å². The van der Waals surface area contributed by atoms with Gasteiger partial charge < -0.3 is 10.1 Å². The van der Waals surface area contributed by atoms with E-state index in [0.717, 1.165) is 37.5 Å². The van der Waals surface area contributed by atoms with Crippen molar-refractivity contribution in [1.29, 1.82) is 0 Å². The van der Waals surface area contributed by atoms with Crippen LogP contribution in [-0.2, 0) is 11.2 Å². The molecule has 0 amide bonds. The third kappa shape index (κ3) is 6.06. The van der Waals surface area contributed by atoms with Gasteiger partial charge in [-0.05, 0) is 44.0 Å². The third-order valence-electron chi connectivity index (χ3n) is 2.76. The number of nitrogens with one attached hydrogen (secondary N) is 1. The van der Waals surface area contributed by atoms with Crippen molar-refractivity contribution in [2.24, 2.45) is 0 Å². The van der Waals surface area contributed by atoms with Gasteiger partial charge in [-0.15, -0.1) is 0 Å². The van der Waals surface area contributed by atoms with Gasteiger partial charge in [-0.3, -0.25) is 0 Å². The SMILES string of the molecule is CCCOCCC(Cc1ccc(Cl)cc1)NC. The minimum absolute atomic E-state index is 0.466. The van der Waals surface area contributed by atoms with Crippen LogP contribution in [0.1, 0.15) is 25.3 Å². The first-order chi connectivity index (χ1) is 8.26. The Balaban J connectivity index is 2.33. The van der Waals surface area contributed by atoms with Gasteiger partial charge in [0.1, 0.15) is 0 Å². The van der Waals surface area contributed by atoms with Crippen LogP contribution in [0.4, 0.5) is 0 Å². The first-order valence-corrected chi connectivity index (χ1v) is 6.63. The molecule has 1 rings (SSSR count). The normalized spacial score (nSPS) is 12.6. The fourth-order valence-electron chi connectivity index (χ4n) is 1.73.